The average molecular weight is 195 g/mol. The summed E-state index contributed by atoms with van der Waals surface area (Å²) in [7, 11) is 0. The van der Waals surface area contributed by atoms with Gasteiger partial charge in [0.1, 0.15) is 5.82 Å². The fourth-order valence-corrected chi connectivity index (χ4v) is 1.72. The second-order valence-electron chi connectivity index (χ2n) is 3.77. The maximum atomic E-state index is 12.6. The van der Waals surface area contributed by atoms with Crippen molar-refractivity contribution in [2.45, 2.75) is 19.8 Å². The molecule has 76 valence electrons. The Hall–Kier alpha value is -1.19. The molecule has 3 nitrogen and oxygen atoms in total. The van der Waals surface area contributed by atoms with Crippen molar-refractivity contribution in [3.63, 3.8) is 0 Å². The molecular weight excluding hydrogens is 181 g/mol. The summed E-state index contributed by atoms with van der Waals surface area (Å²) in [6.07, 6.45) is 5.18. The Kier molecular flexibility index (Phi) is 2.61. The molecule has 1 aromatic rings. The summed E-state index contributed by atoms with van der Waals surface area (Å²) in [4.78, 5) is 7.41. The van der Waals surface area contributed by atoms with Crippen LogP contribution in [0.4, 0.5) is 10.2 Å². The van der Waals surface area contributed by atoms with Crippen LogP contribution in [0.2, 0.25) is 0 Å². The van der Waals surface area contributed by atoms with Crippen molar-refractivity contribution in [3.05, 3.63) is 18.3 Å². The number of nitrogens with one attached hydrogen (secondary N) is 1. The van der Waals surface area contributed by atoms with E-state index >= 15 is 0 Å². The molecule has 4 heteroatoms. The Labute approximate surface area is 82.8 Å². The van der Waals surface area contributed by atoms with E-state index in [1.54, 1.807) is 6.20 Å². The van der Waals surface area contributed by atoms with Crippen molar-refractivity contribution in [3.8, 4) is 0 Å². The smallest absolute Gasteiger partial charge is 0.233 e. The number of aromatic nitrogens is 2. The molecule has 1 aromatic heterocycles. The maximum Gasteiger partial charge on any atom is 0.233 e. The highest BCUT2D eigenvalue weighted by molar-refractivity contribution is 5.30. The van der Waals surface area contributed by atoms with E-state index < -0.39 is 5.95 Å². The van der Waals surface area contributed by atoms with Crippen molar-refractivity contribution in [2.75, 3.05) is 11.9 Å². The predicted octanol–water partition coefficient (Wildman–Crippen LogP) is 2.07. The van der Waals surface area contributed by atoms with Crippen LogP contribution in [0.25, 0.3) is 0 Å². The summed E-state index contributed by atoms with van der Waals surface area (Å²) in [5, 5.41) is 3.10. The maximum absolute atomic E-state index is 12.6. The first-order valence-corrected chi connectivity index (χ1v) is 5.01. The Morgan fingerprint density at radius 1 is 1.50 bits per heavy atom. The van der Waals surface area contributed by atoms with Crippen LogP contribution in [0.3, 0.4) is 0 Å². The highest BCUT2D eigenvalue weighted by Crippen LogP contribution is 2.40. The van der Waals surface area contributed by atoms with Crippen LogP contribution < -0.4 is 5.32 Å². The first-order chi connectivity index (χ1) is 6.79. The molecule has 2 atom stereocenters. The lowest BCUT2D eigenvalue weighted by molar-refractivity contribution is 0.577. The number of nitrogens with zero attached hydrogens (tertiary/aromatic N) is 2. The second-order valence-corrected chi connectivity index (χ2v) is 3.77. The van der Waals surface area contributed by atoms with Crippen molar-refractivity contribution >= 4 is 5.82 Å². The third-order valence-corrected chi connectivity index (χ3v) is 2.74. The molecule has 1 heterocycles. The molecule has 1 fully saturated rings. The van der Waals surface area contributed by atoms with Gasteiger partial charge in [-0.25, -0.2) is 0 Å². The highest BCUT2D eigenvalue weighted by Gasteiger charge is 2.34. The van der Waals surface area contributed by atoms with Gasteiger partial charge >= 0.3 is 0 Å². The standard InChI is InChI=1S/C10H14FN3/c1-2-7-3-8(7)4-13-10-6-12-5-9(11)14-10/h5-8H,2-4H2,1H3,(H,13,14)/t7-,8+/m1/s1. The van der Waals surface area contributed by atoms with Crippen molar-refractivity contribution in [2.24, 2.45) is 11.8 Å². The first kappa shape index (κ1) is 9.37. The van der Waals surface area contributed by atoms with Gasteiger partial charge in [0.05, 0.1) is 12.4 Å². The van der Waals surface area contributed by atoms with Crippen LogP contribution in [0.5, 0.6) is 0 Å². The third-order valence-electron chi connectivity index (χ3n) is 2.74. The zero-order chi connectivity index (χ0) is 9.97. The lowest BCUT2D eigenvalue weighted by atomic mass is 10.2. The Bertz CT molecular complexity index is 316. The summed E-state index contributed by atoms with van der Waals surface area (Å²) < 4.78 is 12.6. The first-order valence-electron chi connectivity index (χ1n) is 5.01. The van der Waals surface area contributed by atoms with Crippen LogP contribution in [0.15, 0.2) is 12.4 Å². The van der Waals surface area contributed by atoms with E-state index in [-0.39, 0.29) is 0 Å². The Morgan fingerprint density at radius 2 is 2.36 bits per heavy atom. The minimum absolute atomic E-state index is 0.530. The highest BCUT2D eigenvalue weighted by atomic mass is 19.1. The SMILES string of the molecule is CC[C@@H]1C[C@H]1CNc1cncc(F)n1. The van der Waals surface area contributed by atoms with E-state index in [0.717, 1.165) is 24.6 Å². The summed E-state index contributed by atoms with van der Waals surface area (Å²) in [6.45, 7) is 3.09. The number of anilines is 1. The van der Waals surface area contributed by atoms with Crippen molar-refractivity contribution in [1.29, 1.82) is 0 Å². The van der Waals surface area contributed by atoms with Gasteiger partial charge in [-0.1, -0.05) is 13.3 Å². The lowest BCUT2D eigenvalue weighted by Gasteiger charge is -2.03. The third kappa shape index (κ3) is 2.19. The molecule has 0 aliphatic heterocycles. The fourth-order valence-electron chi connectivity index (χ4n) is 1.72. The van der Waals surface area contributed by atoms with Crippen molar-refractivity contribution < 1.29 is 4.39 Å². The van der Waals surface area contributed by atoms with Crippen molar-refractivity contribution in [1.82, 2.24) is 9.97 Å². The van der Waals surface area contributed by atoms with Gasteiger partial charge in [0.15, 0.2) is 0 Å². The van der Waals surface area contributed by atoms with Gasteiger partial charge in [0, 0.05) is 6.54 Å². The van der Waals surface area contributed by atoms with Gasteiger partial charge in [0.2, 0.25) is 5.95 Å². The average Bonchev–Trinajstić information content (AvgIpc) is 2.93. The number of hydrogen-bond donors (Lipinski definition) is 1. The predicted molar refractivity (Wildman–Crippen MR) is 52.4 cm³/mol. The second kappa shape index (κ2) is 3.90. The van der Waals surface area contributed by atoms with Crippen LogP contribution in [-0.2, 0) is 0 Å². The molecule has 1 N–H and O–H groups in total. The molecule has 0 bridgehead atoms. The van der Waals surface area contributed by atoms with Gasteiger partial charge in [-0.15, -0.1) is 0 Å². The molecule has 0 amide bonds. The summed E-state index contributed by atoms with van der Waals surface area (Å²) >= 11 is 0. The molecule has 1 saturated carbocycles. The van der Waals surface area contributed by atoms with E-state index in [9.17, 15) is 4.39 Å². The van der Waals surface area contributed by atoms with Gasteiger partial charge in [-0.3, -0.25) is 4.98 Å². The molecular formula is C10H14FN3. The lowest BCUT2D eigenvalue weighted by Crippen LogP contribution is -2.07. The molecule has 0 spiro atoms. The van der Waals surface area contributed by atoms with Gasteiger partial charge in [-0.05, 0) is 18.3 Å². The zero-order valence-electron chi connectivity index (χ0n) is 8.20. The molecule has 0 radical (unpaired) electrons. The van der Waals surface area contributed by atoms with E-state index in [1.807, 2.05) is 0 Å². The largest absolute Gasteiger partial charge is 0.368 e. The minimum atomic E-state index is -0.530. The zero-order valence-corrected chi connectivity index (χ0v) is 8.20. The van der Waals surface area contributed by atoms with E-state index in [1.165, 1.54) is 12.8 Å². The summed E-state index contributed by atoms with van der Waals surface area (Å²) in [6, 6.07) is 0. The fraction of sp³-hybridized carbons (Fsp3) is 0.600. The summed E-state index contributed by atoms with van der Waals surface area (Å²) in [5.74, 6) is 1.60. The van der Waals surface area contributed by atoms with Gasteiger partial charge in [0.25, 0.3) is 0 Å². The van der Waals surface area contributed by atoms with Crippen LogP contribution in [0, 0.1) is 17.8 Å². The number of rotatable bonds is 4. The monoisotopic (exact) mass is 195 g/mol. The molecule has 1 aliphatic rings. The minimum Gasteiger partial charge on any atom is -0.368 e. The number of halogens is 1. The molecule has 1 aliphatic carbocycles. The van der Waals surface area contributed by atoms with E-state index in [2.05, 4.69) is 22.2 Å². The van der Waals surface area contributed by atoms with Gasteiger partial charge < -0.3 is 5.32 Å². The molecule has 0 unspecified atom stereocenters. The normalized spacial score (nSPS) is 24.7. The van der Waals surface area contributed by atoms with E-state index in [4.69, 9.17) is 0 Å². The van der Waals surface area contributed by atoms with E-state index in [0.29, 0.717) is 5.82 Å². The molecule has 14 heavy (non-hydrogen) atoms. The molecule has 2 rings (SSSR count). The van der Waals surface area contributed by atoms with Crippen LogP contribution in [0.1, 0.15) is 19.8 Å². The summed E-state index contributed by atoms with van der Waals surface area (Å²) in [5.41, 5.74) is 0. The molecule has 0 saturated heterocycles. The Balaban J connectivity index is 1.81. The van der Waals surface area contributed by atoms with Crippen LogP contribution >= 0.6 is 0 Å². The quantitative estimate of drug-likeness (QED) is 0.799. The Morgan fingerprint density at radius 3 is 3.00 bits per heavy atom. The van der Waals surface area contributed by atoms with Crippen LogP contribution in [-0.4, -0.2) is 16.5 Å². The van der Waals surface area contributed by atoms with Gasteiger partial charge in [-0.2, -0.15) is 9.37 Å². The number of hydrogen-bond acceptors (Lipinski definition) is 3. The molecule has 0 aromatic carbocycles. The topological polar surface area (TPSA) is 37.8 Å².